The first kappa shape index (κ1) is 49.1. The van der Waals surface area contributed by atoms with Gasteiger partial charge in [0.25, 0.3) is 0 Å². The van der Waals surface area contributed by atoms with Gasteiger partial charge in [-0.2, -0.15) is 0 Å². The van der Waals surface area contributed by atoms with Gasteiger partial charge in [-0.15, -0.1) is 23.5 Å². The van der Waals surface area contributed by atoms with Crippen LogP contribution in [0.4, 0.5) is 0 Å². The highest BCUT2D eigenvalue weighted by molar-refractivity contribution is 8.00. The molecule has 0 unspecified atom stereocenters. The summed E-state index contributed by atoms with van der Waals surface area (Å²) in [5.74, 6) is 6.72. The molecule has 18 nitrogen and oxygen atoms in total. The third-order valence-corrected chi connectivity index (χ3v) is 9.92. The Balaban J connectivity index is 1.73. The standard InChI is InChI=1S/C40H46O18S2/c1-21(41)49-19-31-33(51-23(3)43)35(53-25(5)45)37(55-27(7)47)39(57-31)59-17-9-11-29-13-15-30(16-14-29)12-10-18-60-40-38(56-28(8)48)36(54-26(6)46)34(52-24(4)44)32(58-40)20-50-22(2)42/h13-16,31-40H,17-20H2,1-8H3/t31-,32-,33+,34+,35+,36+,37-,38-,39+,40+/m1/s1. The zero-order valence-electron chi connectivity index (χ0n) is 34.1. The first-order chi connectivity index (χ1) is 28.3. The van der Waals surface area contributed by atoms with E-state index in [-0.39, 0.29) is 24.7 Å². The highest BCUT2D eigenvalue weighted by Gasteiger charge is 2.53. The number of carbonyl (C=O) groups excluding carboxylic acids is 8. The number of esters is 8. The van der Waals surface area contributed by atoms with Gasteiger partial charge < -0.3 is 47.4 Å². The number of hydrogen-bond acceptors (Lipinski definition) is 20. The van der Waals surface area contributed by atoms with Gasteiger partial charge in [-0.05, 0) is 24.3 Å². The molecule has 1 aromatic rings. The molecule has 0 bridgehead atoms. The Kier molecular flexibility index (Phi) is 19.7. The molecule has 2 aliphatic heterocycles. The topological polar surface area (TPSA) is 229 Å². The molecule has 0 N–H and O–H groups in total. The van der Waals surface area contributed by atoms with Crippen LogP contribution in [-0.4, -0.2) is 132 Å². The van der Waals surface area contributed by atoms with Gasteiger partial charge in [-0.1, -0.05) is 23.7 Å². The van der Waals surface area contributed by atoms with Crippen LogP contribution in [0.1, 0.15) is 66.5 Å². The summed E-state index contributed by atoms with van der Waals surface area (Å²) in [6.07, 6.45) is -9.65. The Hall–Kier alpha value is -5.28. The average molecular weight is 879 g/mol. The van der Waals surface area contributed by atoms with Crippen molar-refractivity contribution in [1.29, 1.82) is 0 Å². The molecule has 2 aliphatic rings. The Morgan fingerprint density at radius 1 is 0.450 bits per heavy atom. The fraction of sp³-hybridized carbons (Fsp3) is 0.550. The predicted molar refractivity (Wildman–Crippen MR) is 209 cm³/mol. The zero-order chi connectivity index (χ0) is 44.5. The van der Waals surface area contributed by atoms with E-state index in [1.165, 1.54) is 13.8 Å². The van der Waals surface area contributed by atoms with Crippen molar-refractivity contribution in [3.63, 3.8) is 0 Å². The van der Waals surface area contributed by atoms with E-state index in [4.69, 9.17) is 47.4 Å². The quantitative estimate of drug-likeness (QED) is 0.148. The maximum Gasteiger partial charge on any atom is 0.303 e. The van der Waals surface area contributed by atoms with Gasteiger partial charge in [0, 0.05) is 66.5 Å². The Morgan fingerprint density at radius 3 is 1.02 bits per heavy atom. The van der Waals surface area contributed by atoms with Crippen molar-refractivity contribution in [2.24, 2.45) is 0 Å². The summed E-state index contributed by atoms with van der Waals surface area (Å²) in [6.45, 7) is 8.57. The smallest absolute Gasteiger partial charge is 0.303 e. The molecule has 326 valence electrons. The molecular formula is C40H46O18S2. The van der Waals surface area contributed by atoms with E-state index in [1.807, 2.05) is 0 Å². The second-order valence-electron chi connectivity index (χ2n) is 12.9. The summed E-state index contributed by atoms with van der Waals surface area (Å²) < 4.78 is 55.1. The van der Waals surface area contributed by atoms with Crippen molar-refractivity contribution in [2.75, 3.05) is 24.7 Å². The highest BCUT2D eigenvalue weighted by atomic mass is 32.2. The molecular weight excluding hydrogens is 833 g/mol. The summed E-state index contributed by atoms with van der Waals surface area (Å²) in [6, 6.07) is 6.95. The van der Waals surface area contributed by atoms with E-state index >= 15 is 0 Å². The van der Waals surface area contributed by atoms with Gasteiger partial charge >= 0.3 is 47.8 Å². The molecule has 10 atom stereocenters. The molecule has 0 spiro atoms. The summed E-state index contributed by atoms with van der Waals surface area (Å²) >= 11 is 2.24. The van der Waals surface area contributed by atoms with Gasteiger partial charge in [-0.3, -0.25) is 38.4 Å². The van der Waals surface area contributed by atoms with E-state index in [0.29, 0.717) is 11.1 Å². The van der Waals surface area contributed by atoms with Crippen LogP contribution in [0.3, 0.4) is 0 Å². The Morgan fingerprint density at radius 2 is 0.733 bits per heavy atom. The molecule has 3 rings (SSSR count). The number of hydrogen-bond donors (Lipinski definition) is 0. The lowest BCUT2D eigenvalue weighted by Gasteiger charge is -2.44. The second-order valence-corrected chi connectivity index (χ2v) is 15.1. The minimum absolute atomic E-state index is 0.145. The minimum Gasteiger partial charge on any atom is -0.463 e. The molecule has 20 heteroatoms. The van der Waals surface area contributed by atoms with Crippen LogP contribution >= 0.6 is 23.5 Å². The maximum atomic E-state index is 12.1. The number of benzene rings is 1. The van der Waals surface area contributed by atoms with Crippen LogP contribution in [-0.2, 0) is 85.7 Å². The monoisotopic (exact) mass is 878 g/mol. The molecule has 2 fully saturated rings. The largest absolute Gasteiger partial charge is 0.463 e. The predicted octanol–water partition coefficient (Wildman–Crippen LogP) is 2.02. The van der Waals surface area contributed by atoms with E-state index in [1.54, 1.807) is 24.3 Å². The first-order valence-corrected chi connectivity index (χ1v) is 20.4. The van der Waals surface area contributed by atoms with Crippen molar-refractivity contribution >= 4 is 71.3 Å². The first-order valence-electron chi connectivity index (χ1n) is 18.3. The minimum atomic E-state index is -1.28. The highest BCUT2D eigenvalue weighted by Crippen LogP contribution is 2.36. The Bertz CT molecular complexity index is 1730. The van der Waals surface area contributed by atoms with E-state index in [2.05, 4.69) is 23.7 Å². The van der Waals surface area contributed by atoms with Crippen LogP contribution in [0.2, 0.25) is 0 Å². The number of thioether (sulfide) groups is 2. The Labute approximate surface area is 355 Å². The number of carbonyl (C=O) groups is 8. The summed E-state index contributed by atoms with van der Waals surface area (Å²) in [4.78, 5) is 95.4. The lowest BCUT2D eigenvalue weighted by Crippen LogP contribution is -2.61. The van der Waals surface area contributed by atoms with Gasteiger partial charge in [0.15, 0.2) is 36.6 Å². The fourth-order valence-electron chi connectivity index (χ4n) is 5.81. The van der Waals surface area contributed by atoms with Gasteiger partial charge in [0.1, 0.15) is 36.3 Å². The average Bonchev–Trinajstić information content (AvgIpc) is 3.14. The fourth-order valence-corrected chi connectivity index (χ4v) is 7.69. The van der Waals surface area contributed by atoms with E-state index in [0.717, 1.165) is 65.1 Å². The van der Waals surface area contributed by atoms with Gasteiger partial charge in [0.2, 0.25) is 0 Å². The van der Waals surface area contributed by atoms with Crippen LogP contribution < -0.4 is 0 Å². The second kappa shape index (κ2) is 24.1. The lowest BCUT2D eigenvalue weighted by atomic mass is 9.99. The van der Waals surface area contributed by atoms with E-state index < -0.39 is 107 Å². The summed E-state index contributed by atoms with van der Waals surface area (Å²) in [7, 11) is 0. The van der Waals surface area contributed by atoms with Crippen molar-refractivity contribution in [3.8, 4) is 23.7 Å². The molecule has 2 heterocycles. The number of rotatable bonds is 14. The van der Waals surface area contributed by atoms with Gasteiger partial charge in [-0.25, -0.2) is 0 Å². The molecule has 0 amide bonds. The molecule has 60 heavy (non-hydrogen) atoms. The molecule has 1 aromatic carbocycles. The number of ether oxygens (including phenoxy) is 10. The van der Waals surface area contributed by atoms with Crippen molar-refractivity contribution in [3.05, 3.63) is 35.4 Å². The summed E-state index contributed by atoms with van der Waals surface area (Å²) in [5.41, 5.74) is -0.674. The van der Waals surface area contributed by atoms with E-state index in [9.17, 15) is 38.4 Å². The van der Waals surface area contributed by atoms with Crippen LogP contribution in [0.5, 0.6) is 0 Å². The van der Waals surface area contributed by atoms with Crippen molar-refractivity contribution in [2.45, 2.75) is 115 Å². The maximum absolute atomic E-state index is 12.1. The lowest BCUT2D eigenvalue weighted by molar-refractivity contribution is -0.237. The SMILES string of the molecule is CC(=O)OC[C@H]1O[C@@H](SCC#Cc2ccc(C#CCS[C@@H]3O[C@H](COC(C)=O)[C@H](OC(C)=O)[C@H](OC(C)=O)[C@H]3OC(C)=O)cc2)[C@H](OC(C)=O)[C@@H](OC(C)=O)[C@H]1OC(C)=O. The molecule has 0 radical (unpaired) electrons. The molecule has 0 aromatic heterocycles. The van der Waals surface area contributed by atoms with Crippen LogP contribution in [0, 0.1) is 23.7 Å². The summed E-state index contributed by atoms with van der Waals surface area (Å²) in [5, 5.41) is 0. The van der Waals surface area contributed by atoms with Crippen LogP contribution in [0.25, 0.3) is 0 Å². The molecule has 0 aliphatic carbocycles. The van der Waals surface area contributed by atoms with Gasteiger partial charge in [0.05, 0.1) is 11.5 Å². The molecule has 2 saturated heterocycles. The third kappa shape index (κ3) is 16.4. The zero-order valence-corrected chi connectivity index (χ0v) is 35.7. The third-order valence-electron chi connectivity index (χ3n) is 7.89. The van der Waals surface area contributed by atoms with Crippen molar-refractivity contribution in [1.82, 2.24) is 0 Å². The normalized spacial score (nSPS) is 25.5. The van der Waals surface area contributed by atoms with Crippen molar-refractivity contribution < 1.29 is 85.7 Å². The molecule has 0 saturated carbocycles. The van der Waals surface area contributed by atoms with Crippen LogP contribution in [0.15, 0.2) is 24.3 Å².